The Hall–Kier alpha value is -12.6. The number of nitrogens with one attached hydrogen (secondary N) is 8. The molecule has 1 saturated heterocycles. The van der Waals surface area contributed by atoms with Gasteiger partial charge in [0.2, 0.25) is 64.7 Å². The number of hydrogen-bond acceptors (Lipinski definition) is 25. The zero-order valence-electron chi connectivity index (χ0n) is 76.8. The van der Waals surface area contributed by atoms with Gasteiger partial charge in [0, 0.05) is 134 Å². The number of urea groups is 3. The molecule has 2 aromatic heterocycles. The van der Waals surface area contributed by atoms with E-state index >= 15 is 0 Å². The van der Waals surface area contributed by atoms with Crippen LogP contribution in [0.1, 0.15) is 107 Å². The number of ether oxygens (including phenoxy) is 2. The zero-order chi connectivity index (χ0) is 96.4. The number of likely N-dealkylation sites (tertiary alicyclic amines) is 1. The van der Waals surface area contributed by atoms with Crippen LogP contribution in [0.2, 0.25) is 0 Å². The molecule has 0 bridgehead atoms. The van der Waals surface area contributed by atoms with Crippen LogP contribution in [0.25, 0.3) is 22.3 Å². The van der Waals surface area contributed by atoms with E-state index in [1.54, 1.807) is 31.4 Å². The third-order valence-corrected chi connectivity index (χ3v) is 23.6. The van der Waals surface area contributed by atoms with Gasteiger partial charge in [0.05, 0.1) is 85.8 Å². The van der Waals surface area contributed by atoms with Gasteiger partial charge in [-0.3, -0.25) is 57.5 Å². The van der Waals surface area contributed by atoms with Crippen molar-refractivity contribution in [1.82, 2.24) is 74.9 Å². The summed E-state index contributed by atoms with van der Waals surface area (Å²) in [7, 11) is 5.78. The number of aromatic nitrogens is 2. The molecule has 5 heterocycles. The largest absolute Gasteiger partial charge is 1.00 e. The molecule has 3 aliphatic rings. The molecule has 0 unspecified atom stereocenters. The number of carbonyl (C=O) groups is 17. The average molecular weight is 1880 g/mol. The number of likely N-dealkylation sites (N-methyl/N-ethyl adjacent to an activating group) is 8. The topological polar surface area (TPSA) is 549 Å². The van der Waals surface area contributed by atoms with Gasteiger partial charge in [-0.15, -0.1) is 0 Å². The molecule has 46 heteroatoms. The number of anilines is 4. The van der Waals surface area contributed by atoms with Crippen LogP contribution in [0.3, 0.4) is 0 Å². The fourth-order valence-corrected chi connectivity index (χ4v) is 15.8. The van der Waals surface area contributed by atoms with Gasteiger partial charge in [-0.1, -0.05) is 71.0 Å². The summed E-state index contributed by atoms with van der Waals surface area (Å²) < 4.78 is 42.5. The summed E-state index contributed by atoms with van der Waals surface area (Å²) in [4.78, 5) is 255. The van der Waals surface area contributed by atoms with Crippen molar-refractivity contribution >= 4 is 145 Å². The second kappa shape index (κ2) is 47.6. The molecule has 4 aromatic carbocycles. The predicted molar refractivity (Wildman–Crippen MR) is 468 cm³/mol. The number of benzene rings is 4. The number of carboxylic acids is 2. The molecule has 3 aliphatic heterocycles. The van der Waals surface area contributed by atoms with Crippen LogP contribution in [0, 0.1) is 5.92 Å². The van der Waals surface area contributed by atoms with E-state index < -0.39 is 224 Å². The van der Waals surface area contributed by atoms with Crippen molar-refractivity contribution in [3.8, 4) is 11.4 Å². The number of para-hydroxylation sites is 1. The number of hydrogen-bond donors (Lipinski definition) is 8. The first kappa shape index (κ1) is 107. The van der Waals surface area contributed by atoms with Crippen LogP contribution in [0.4, 0.5) is 37.1 Å². The molecule has 133 heavy (non-hydrogen) atoms. The second-order valence-corrected chi connectivity index (χ2v) is 34.1. The number of rotatable bonds is 39. The Morgan fingerprint density at radius 1 is 0.579 bits per heavy atom. The Balaban J connectivity index is 0.0000121. The van der Waals surface area contributed by atoms with E-state index in [-0.39, 0.29) is 136 Å². The Morgan fingerprint density at radius 3 is 1.63 bits per heavy atom. The van der Waals surface area contributed by atoms with Gasteiger partial charge in [0.1, 0.15) is 31.3 Å². The molecule has 43 nitrogen and oxygen atoms in total. The molecule has 6 aromatic rings. The second-order valence-electron chi connectivity index (χ2n) is 32.4. The fraction of sp³-hybridized carbons (Fsp3) is 0.437. The zero-order valence-corrected chi connectivity index (χ0v) is 81.6. The number of pyridine rings is 2. The normalized spacial score (nSPS) is 14.5. The molecule has 1 fully saturated rings. The number of carboxylic acid groups (broad SMARTS) is 2. The molecule has 0 aliphatic carbocycles. The minimum Gasteiger partial charge on any atom is -0.550 e. The Labute approximate surface area is 811 Å². The fourth-order valence-electron chi connectivity index (χ4n) is 14.7. The van der Waals surface area contributed by atoms with Crippen LogP contribution < -0.4 is 117 Å². The number of carbonyl (C=O) groups excluding carboxylic acids is 17. The van der Waals surface area contributed by atoms with Crippen LogP contribution in [-0.4, -0.2) is 303 Å². The van der Waals surface area contributed by atoms with E-state index in [4.69, 9.17) is 14.5 Å². The number of nitrogens with zero attached hydrogens (tertiary/aromatic N) is 11. The summed E-state index contributed by atoms with van der Waals surface area (Å²) in [6, 6.07) is 17.9. The van der Waals surface area contributed by atoms with Crippen LogP contribution in [0.5, 0.6) is 0 Å². The van der Waals surface area contributed by atoms with Gasteiger partial charge in [0.25, 0.3) is 15.6 Å². The van der Waals surface area contributed by atoms with Crippen LogP contribution in [-0.2, 0) is 112 Å². The third-order valence-electron chi connectivity index (χ3n) is 22.2. The first-order chi connectivity index (χ1) is 61.9. The molecule has 16 amide bonds. The standard InChI is InChI=1S/C87H109N19O24S.2Na/c1-14-33-88-84(124)90-54-23-20-25-56(36-54)131(127,128)96-55-24-19-22-51(35-55)63(38-75(115)116)94-85(125)89-52-29-31-53(32-30-52)91-86(126)104(13)48-74(114)103(12)47-73(113)102(11)46-72(112)101(10)45-71(111)100(9)44-70(110)99(8)43-69(109)98(7)42-68(108)97(6)41-67(107)92-64(39-76(117)118)81(121)105-34-21-28-65(105)79(119)95-77(50(4)5)82(122)130-87(16-3)61-37-66-78-59(40-106(66)80(120)60(61)49-129-83(87)123)57(15-2)58-26-17-18-27-62(58)93-78;;/h17-20,22-27,29-32,35-37,50,63-65,77,96H,14-16,21,28,33-34,38-49H2,1-13H3,(H,91,126)(H,92,107)(H,95,119)(H,115,116)(H,117,118)(H2,88,90,124)(H2,89,94,125);;/q;2*+1/p-2/t63-,64+,65+,77+,87+;;/m1../s1. The van der Waals surface area contributed by atoms with Crippen molar-refractivity contribution in [2.24, 2.45) is 5.92 Å². The van der Waals surface area contributed by atoms with Crippen molar-refractivity contribution in [3.05, 3.63) is 141 Å². The molecular formula is C87H107N19Na2O24S. The van der Waals surface area contributed by atoms with Crippen LogP contribution in [0.15, 0.2) is 113 Å². The minimum atomic E-state index is -4.25. The number of fused-ring (bicyclic) bond motifs is 5. The number of amides is 16. The SMILES string of the molecule is CCCNC(=O)Nc1cccc(S(=O)(=O)Nc2cccc([C@@H](CC(=O)[O-])NC(=O)Nc3ccc(NC(=O)N(C)CC(=O)N(C)CC(=O)N(C)CC(=O)N(C)CC(=O)N(C)CC(=O)N(C)CC(=O)N(C)CC(=O)N(C)CC(=O)N[C@@H](CC(=O)[O-])C(=O)N4CCC[C@H]4C(=O)N[C@H](C(=O)O[C@]4(CC)C(=O)OCc5c4cc4n(c5=O)Cc5c-4nc4ccccc4c5CC)C(C)C)cc3)c2)c1.[Na+].[Na+]. The quantitative estimate of drug-likeness (QED) is 0.0131. The molecule has 5 atom stereocenters. The number of aliphatic carboxylic acids is 2. The Morgan fingerprint density at radius 2 is 1.10 bits per heavy atom. The summed E-state index contributed by atoms with van der Waals surface area (Å²) in [6.07, 6.45) is -0.419. The molecule has 0 saturated carbocycles. The number of cyclic esters (lactones) is 1. The van der Waals surface area contributed by atoms with E-state index in [1.807, 2.05) is 38.1 Å². The van der Waals surface area contributed by atoms with Gasteiger partial charge < -0.3 is 115 Å². The summed E-state index contributed by atoms with van der Waals surface area (Å²) >= 11 is 0. The molecule has 8 N–H and O–H groups in total. The van der Waals surface area contributed by atoms with Crippen molar-refractivity contribution in [2.75, 3.05) is 143 Å². The average Bonchev–Trinajstić information content (AvgIpc) is 1.58. The number of sulfonamides is 1. The van der Waals surface area contributed by atoms with E-state index in [0.717, 1.165) is 60.6 Å². The van der Waals surface area contributed by atoms with Crippen LogP contribution >= 0.6 is 0 Å². The summed E-state index contributed by atoms with van der Waals surface area (Å²) in [5.41, 5.74) is 1.86. The smallest absolute Gasteiger partial charge is 0.550 e. The third kappa shape index (κ3) is 27.5. The summed E-state index contributed by atoms with van der Waals surface area (Å²) in [5.74, 6) is -14.2. The summed E-state index contributed by atoms with van der Waals surface area (Å²) in [6.45, 7) is 3.89. The summed E-state index contributed by atoms with van der Waals surface area (Å²) in [5, 5.41) is 42.7. The molecule has 9 rings (SSSR count). The van der Waals surface area contributed by atoms with E-state index in [9.17, 15) is 105 Å². The maximum atomic E-state index is 14.5. The first-order valence-electron chi connectivity index (χ1n) is 41.9. The Bertz CT molecular complexity index is 5650. The van der Waals surface area contributed by atoms with E-state index in [0.29, 0.717) is 36.3 Å². The van der Waals surface area contributed by atoms with Gasteiger partial charge in [-0.05, 0) is 116 Å². The molecule has 0 radical (unpaired) electrons. The minimum absolute atomic E-state index is 0. The van der Waals surface area contributed by atoms with E-state index in [2.05, 4.69) is 41.9 Å². The van der Waals surface area contributed by atoms with Gasteiger partial charge >= 0.3 is 89.1 Å². The van der Waals surface area contributed by atoms with E-state index in [1.165, 1.54) is 129 Å². The van der Waals surface area contributed by atoms with Gasteiger partial charge in [0.15, 0.2) is 0 Å². The first-order valence-corrected chi connectivity index (χ1v) is 43.4. The van der Waals surface area contributed by atoms with Crippen molar-refractivity contribution in [1.29, 1.82) is 0 Å². The Kier molecular flexibility index (Phi) is 38.5. The van der Waals surface area contributed by atoms with Crippen molar-refractivity contribution in [2.45, 2.75) is 127 Å². The maximum absolute atomic E-state index is 14.5. The maximum Gasteiger partial charge on any atom is 1.00 e. The van der Waals surface area contributed by atoms with Crippen molar-refractivity contribution < 1.29 is 169 Å². The molecule has 0 spiro atoms. The van der Waals surface area contributed by atoms with Gasteiger partial charge in [-0.2, -0.15) is 0 Å². The molecule has 702 valence electrons. The van der Waals surface area contributed by atoms with Crippen molar-refractivity contribution in [3.63, 3.8) is 0 Å². The number of aryl methyl sites for hydroxylation is 1. The molecular weight excluding hydrogens is 1770 g/mol. The number of esters is 2. The monoisotopic (exact) mass is 1880 g/mol. The van der Waals surface area contributed by atoms with Gasteiger partial charge in [-0.25, -0.2) is 37.4 Å². The predicted octanol–water partition coefficient (Wildman–Crippen LogP) is -6.33.